The van der Waals surface area contributed by atoms with Crippen molar-refractivity contribution in [2.24, 2.45) is 0 Å². The van der Waals surface area contributed by atoms with Gasteiger partial charge >= 0.3 is 6.18 Å². The van der Waals surface area contributed by atoms with E-state index in [-0.39, 0.29) is 5.82 Å². The lowest BCUT2D eigenvalue weighted by molar-refractivity contribution is -0.137. The molecular formula is C15H16F3N5. The van der Waals surface area contributed by atoms with E-state index in [2.05, 4.69) is 32.1 Å². The third kappa shape index (κ3) is 3.52. The Balaban J connectivity index is 1.81. The molecule has 2 aromatic rings. The molecule has 0 saturated carbocycles. The maximum Gasteiger partial charge on any atom is 0.416 e. The molecule has 0 radical (unpaired) electrons. The Bertz CT molecular complexity index is 689. The summed E-state index contributed by atoms with van der Waals surface area (Å²) < 4.78 is 38.2. The summed E-state index contributed by atoms with van der Waals surface area (Å²) in [6, 6.07) is 3.85. The molecule has 122 valence electrons. The van der Waals surface area contributed by atoms with E-state index in [1.807, 2.05) is 0 Å². The van der Waals surface area contributed by atoms with Gasteiger partial charge in [-0.25, -0.2) is 9.97 Å². The van der Waals surface area contributed by atoms with E-state index in [1.165, 1.54) is 0 Å². The average molecular weight is 323 g/mol. The highest BCUT2D eigenvalue weighted by molar-refractivity contribution is 5.54. The van der Waals surface area contributed by atoms with E-state index >= 15 is 0 Å². The predicted molar refractivity (Wildman–Crippen MR) is 80.6 cm³/mol. The molecule has 1 N–H and O–H groups in total. The number of alkyl halides is 3. The van der Waals surface area contributed by atoms with Gasteiger partial charge in [-0.2, -0.15) is 18.2 Å². The van der Waals surface area contributed by atoms with Gasteiger partial charge in [0, 0.05) is 25.0 Å². The molecule has 0 amide bonds. The molecule has 2 aromatic heterocycles. The highest BCUT2D eigenvalue weighted by Gasteiger charge is 2.30. The van der Waals surface area contributed by atoms with E-state index in [0.29, 0.717) is 17.8 Å². The standard InChI is InChI=1S/C15H16F3N5/c1-10-3-2-8-23(10)14-20-7-5-12(22-14)21-13-9-11(4-6-19-13)15(16,17)18/h4-7,9-10H,2-3,8H2,1H3,(H,19,20,21,22). The lowest BCUT2D eigenvalue weighted by Gasteiger charge is -2.21. The minimum absolute atomic E-state index is 0.0962. The van der Waals surface area contributed by atoms with Crippen molar-refractivity contribution in [3.05, 3.63) is 36.2 Å². The van der Waals surface area contributed by atoms with E-state index in [4.69, 9.17) is 0 Å². The average Bonchev–Trinajstić information content (AvgIpc) is 2.93. The highest BCUT2D eigenvalue weighted by atomic mass is 19.4. The van der Waals surface area contributed by atoms with Gasteiger partial charge in [-0.1, -0.05) is 0 Å². The molecular weight excluding hydrogens is 307 g/mol. The number of rotatable bonds is 3. The fraction of sp³-hybridized carbons (Fsp3) is 0.400. The van der Waals surface area contributed by atoms with Crippen LogP contribution in [0.15, 0.2) is 30.6 Å². The van der Waals surface area contributed by atoms with Gasteiger partial charge in [-0.05, 0) is 38.0 Å². The molecule has 1 unspecified atom stereocenters. The summed E-state index contributed by atoms with van der Waals surface area (Å²) in [6.07, 6.45) is 0.466. The van der Waals surface area contributed by atoms with Crippen molar-refractivity contribution in [1.29, 1.82) is 0 Å². The molecule has 1 aliphatic rings. The van der Waals surface area contributed by atoms with Crippen molar-refractivity contribution in [2.45, 2.75) is 32.0 Å². The van der Waals surface area contributed by atoms with E-state index in [9.17, 15) is 13.2 Å². The Morgan fingerprint density at radius 1 is 1.17 bits per heavy atom. The first-order valence-corrected chi connectivity index (χ1v) is 7.33. The van der Waals surface area contributed by atoms with Crippen LogP contribution in [0.5, 0.6) is 0 Å². The zero-order chi connectivity index (χ0) is 16.4. The van der Waals surface area contributed by atoms with E-state index in [1.54, 1.807) is 12.3 Å². The van der Waals surface area contributed by atoms with Crippen molar-refractivity contribution in [3.63, 3.8) is 0 Å². The molecule has 1 aliphatic heterocycles. The fourth-order valence-electron chi connectivity index (χ4n) is 2.59. The third-order valence-corrected chi connectivity index (χ3v) is 3.80. The Morgan fingerprint density at radius 2 is 1.96 bits per heavy atom. The topological polar surface area (TPSA) is 53.9 Å². The Labute approximate surface area is 131 Å². The van der Waals surface area contributed by atoms with Crippen molar-refractivity contribution < 1.29 is 13.2 Å². The maximum absolute atomic E-state index is 12.7. The first-order valence-electron chi connectivity index (χ1n) is 7.33. The SMILES string of the molecule is CC1CCCN1c1nccc(Nc2cc(C(F)(F)F)ccn2)n1. The predicted octanol–water partition coefficient (Wildman–Crippen LogP) is 3.62. The molecule has 8 heteroatoms. The zero-order valence-electron chi connectivity index (χ0n) is 12.5. The molecule has 5 nitrogen and oxygen atoms in total. The minimum Gasteiger partial charge on any atom is -0.338 e. The van der Waals surface area contributed by atoms with Crippen LogP contribution in [0.4, 0.5) is 30.8 Å². The molecule has 0 aliphatic carbocycles. The van der Waals surface area contributed by atoms with Crippen LogP contribution in [0.1, 0.15) is 25.3 Å². The van der Waals surface area contributed by atoms with Crippen molar-refractivity contribution in [3.8, 4) is 0 Å². The van der Waals surface area contributed by atoms with E-state index in [0.717, 1.165) is 37.7 Å². The fourth-order valence-corrected chi connectivity index (χ4v) is 2.59. The molecule has 23 heavy (non-hydrogen) atoms. The number of nitrogens with one attached hydrogen (secondary N) is 1. The first-order chi connectivity index (χ1) is 10.9. The van der Waals surface area contributed by atoms with Crippen LogP contribution in [-0.4, -0.2) is 27.5 Å². The Morgan fingerprint density at radius 3 is 2.65 bits per heavy atom. The summed E-state index contributed by atoms with van der Waals surface area (Å²) >= 11 is 0. The van der Waals surface area contributed by atoms with Crippen LogP contribution >= 0.6 is 0 Å². The molecule has 0 bridgehead atoms. The number of pyridine rings is 1. The number of hydrogen-bond acceptors (Lipinski definition) is 5. The van der Waals surface area contributed by atoms with Gasteiger partial charge in [0.2, 0.25) is 5.95 Å². The number of halogens is 3. The second kappa shape index (κ2) is 6.02. The van der Waals surface area contributed by atoms with Gasteiger partial charge < -0.3 is 10.2 Å². The summed E-state index contributed by atoms with van der Waals surface area (Å²) in [6.45, 7) is 2.98. The van der Waals surface area contributed by atoms with Crippen molar-refractivity contribution >= 4 is 17.6 Å². The van der Waals surface area contributed by atoms with Crippen molar-refractivity contribution in [1.82, 2.24) is 15.0 Å². The third-order valence-electron chi connectivity index (χ3n) is 3.80. The molecule has 1 atom stereocenters. The van der Waals surface area contributed by atoms with Crippen LogP contribution in [0.2, 0.25) is 0 Å². The van der Waals surface area contributed by atoms with Gasteiger partial charge in [0.15, 0.2) is 0 Å². The first kappa shape index (κ1) is 15.5. The number of nitrogens with zero attached hydrogens (tertiary/aromatic N) is 4. The number of aromatic nitrogens is 3. The zero-order valence-corrected chi connectivity index (χ0v) is 12.5. The van der Waals surface area contributed by atoms with Crippen LogP contribution in [-0.2, 0) is 6.18 Å². The van der Waals surface area contributed by atoms with Gasteiger partial charge in [-0.15, -0.1) is 0 Å². The summed E-state index contributed by atoms with van der Waals surface area (Å²) in [5.74, 6) is 1.09. The second-order valence-corrected chi connectivity index (χ2v) is 5.48. The molecule has 3 heterocycles. The highest BCUT2D eigenvalue weighted by Crippen LogP contribution is 2.30. The van der Waals surface area contributed by atoms with Gasteiger partial charge in [0.05, 0.1) is 5.56 Å². The molecule has 3 rings (SSSR count). The quantitative estimate of drug-likeness (QED) is 0.935. The smallest absolute Gasteiger partial charge is 0.338 e. The largest absolute Gasteiger partial charge is 0.416 e. The monoisotopic (exact) mass is 323 g/mol. The maximum atomic E-state index is 12.7. The van der Waals surface area contributed by atoms with Crippen molar-refractivity contribution in [2.75, 3.05) is 16.8 Å². The number of hydrogen-bond donors (Lipinski definition) is 1. The van der Waals surface area contributed by atoms with Gasteiger partial charge in [0.25, 0.3) is 0 Å². The summed E-state index contributed by atoms with van der Waals surface area (Å²) in [7, 11) is 0. The lowest BCUT2D eigenvalue weighted by atomic mass is 10.2. The van der Waals surface area contributed by atoms with Gasteiger partial charge in [-0.3, -0.25) is 0 Å². The van der Waals surface area contributed by atoms with Crippen LogP contribution < -0.4 is 10.2 Å². The van der Waals surface area contributed by atoms with E-state index < -0.39 is 11.7 Å². The summed E-state index contributed by atoms with van der Waals surface area (Å²) in [4.78, 5) is 14.6. The molecule has 0 aromatic carbocycles. The minimum atomic E-state index is -4.40. The summed E-state index contributed by atoms with van der Waals surface area (Å²) in [5, 5.41) is 2.81. The molecule has 0 spiro atoms. The molecule has 1 fully saturated rings. The summed E-state index contributed by atoms with van der Waals surface area (Å²) in [5.41, 5.74) is -0.752. The number of anilines is 3. The Hall–Kier alpha value is -2.38. The normalized spacial score (nSPS) is 18.3. The lowest BCUT2D eigenvalue weighted by Crippen LogP contribution is -2.28. The van der Waals surface area contributed by atoms with Crippen LogP contribution in [0.25, 0.3) is 0 Å². The molecule has 1 saturated heterocycles. The Kier molecular flexibility index (Phi) is 4.06. The van der Waals surface area contributed by atoms with Gasteiger partial charge in [0.1, 0.15) is 11.6 Å². The second-order valence-electron chi connectivity index (χ2n) is 5.48. The van der Waals surface area contributed by atoms with Crippen LogP contribution in [0.3, 0.4) is 0 Å². The van der Waals surface area contributed by atoms with Crippen LogP contribution in [0, 0.1) is 0 Å².